The quantitative estimate of drug-likeness (QED) is 0.394. The van der Waals surface area contributed by atoms with Gasteiger partial charge in [0.2, 0.25) is 0 Å². The van der Waals surface area contributed by atoms with Crippen LogP contribution in [0, 0.1) is 0 Å². The second kappa shape index (κ2) is 13.1. The average molecular weight is 257 g/mol. The third-order valence-corrected chi connectivity index (χ3v) is 2.76. The van der Waals surface area contributed by atoms with E-state index in [2.05, 4.69) is 18.8 Å². The number of hydrogen-bond donors (Lipinski definition) is 2. The van der Waals surface area contributed by atoms with Gasteiger partial charge in [-0.2, -0.15) is 0 Å². The minimum Gasteiger partial charge on any atom is -0.389 e. The third kappa shape index (κ3) is 13.7. The lowest BCUT2D eigenvalue weighted by atomic mass is 10.1. The lowest BCUT2D eigenvalue weighted by Gasteiger charge is -2.12. The molecule has 18 heavy (non-hydrogen) atoms. The third-order valence-electron chi connectivity index (χ3n) is 2.76. The molecule has 0 saturated carbocycles. The largest absolute Gasteiger partial charge is 0.389 e. The molecule has 0 aromatic carbocycles. The maximum atomic E-state index is 9.62. The van der Waals surface area contributed by atoms with Crippen LogP contribution < -0.4 is 5.32 Å². The van der Waals surface area contributed by atoms with Gasteiger partial charge in [0, 0.05) is 19.7 Å². The minimum atomic E-state index is -0.413. The molecular weight excluding hydrogens is 226 g/mol. The molecule has 0 rings (SSSR count). The van der Waals surface area contributed by atoms with Gasteiger partial charge in [0.15, 0.2) is 0 Å². The topological polar surface area (TPSA) is 41.5 Å². The fourth-order valence-corrected chi connectivity index (χ4v) is 1.71. The molecule has 108 valence electrons. The van der Waals surface area contributed by atoms with Crippen LogP contribution in [0.2, 0.25) is 0 Å². The normalized spacial score (nSPS) is 12.6. The molecule has 0 aromatic rings. The number of rotatable bonds is 13. The van der Waals surface area contributed by atoms with Gasteiger partial charge < -0.3 is 15.2 Å². The van der Waals surface area contributed by atoms with Gasteiger partial charge in [0.1, 0.15) is 0 Å². The molecule has 0 heterocycles. The molecule has 0 aliphatic carbocycles. The van der Waals surface area contributed by atoms with E-state index in [4.69, 9.17) is 4.74 Å². The SMILES string of the molecule is C=C(C)CNCC(O)COCCCCCCCC. The first-order valence-electron chi connectivity index (χ1n) is 7.27. The van der Waals surface area contributed by atoms with Crippen LogP contribution in [0.25, 0.3) is 0 Å². The summed E-state index contributed by atoms with van der Waals surface area (Å²) in [5.41, 5.74) is 1.08. The molecule has 0 fully saturated rings. The molecule has 2 N–H and O–H groups in total. The maximum absolute atomic E-state index is 9.62. The Bertz CT molecular complexity index is 195. The van der Waals surface area contributed by atoms with Crippen LogP contribution >= 0.6 is 0 Å². The average Bonchev–Trinajstić information content (AvgIpc) is 2.32. The van der Waals surface area contributed by atoms with Gasteiger partial charge in [0.25, 0.3) is 0 Å². The predicted octanol–water partition coefficient (Wildman–Crippen LogP) is 2.89. The molecule has 0 bridgehead atoms. The van der Waals surface area contributed by atoms with Crippen molar-refractivity contribution in [2.45, 2.75) is 58.5 Å². The molecule has 3 nitrogen and oxygen atoms in total. The van der Waals surface area contributed by atoms with Gasteiger partial charge in [-0.1, -0.05) is 51.2 Å². The highest BCUT2D eigenvalue weighted by Gasteiger charge is 2.03. The zero-order valence-corrected chi connectivity index (χ0v) is 12.2. The van der Waals surface area contributed by atoms with Crippen LogP contribution in [0.3, 0.4) is 0 Å². The fourth-order valence-electron chi connectivity index (χ4n) is 1.71. The Morgan fingerprint density at radius 1 is 1.22 bits per heavy atom. The van der Waals surface area contributed by atoms with Crippen LogP contribution in [0.5, 0.6) is 0 Å². The van der Waals surface area contributed by atoms with Crippen LogP contribution in [0.4, 0.5) is 0 Å². The van der Waals surface area contributed by atoms with Crippen molar-refractivity contribution >= 4 is 0 Å². The van der Waals surface area contributed by atoms with Crippen LogP contribution in [0.15, 0.2) is 12.2 Å². The van der Waals surface area contributed by atoms with Crippen molar-refractivity contribution in [3.05, 3.63) is 12.2 Å². The maximum Gasteiger partial charge on any atom is 0.0897 e. The Morgan fingerprint density at radius 3 is 2.56 bits per heavy atom. The number of hydrogen-bond acceptors (Lipinski definition) is 3. The minimum absolute atomic E-state index is 0.413. The number of aliphatic hydroxyl groups is 1. The molecule has 0 aliphatic heterocycles. The first-order chi connectivity index (χ1) is 8.66. The summed E-state index contributed by atoms with van der Waals surface area (Å²) in [4.78, 5) is 0. The van der Waals surface area contributed by atoms with E-state index >= 15 is 0 Å². The summed E-state index contributed by atoms with van der Waals surface area (Å²) >= 11 is 0. The Hall–Kier alpha value is -0.380. The van der Waals surface area contributed by atoms with Gasteiger partial charge in [-0.3, -0.25) is 0 Å². The molecule has 0 aliphatic rings. The van der Waals surface area contributed by atoms with E-state index in [9.17, 15) is 5.11 Å². The number of ether oxygens (including phenoxy) is 1. The lowest BCUT2D eigenvalue weighted by molar-refractivity contribution is 0.0358. The number of nitrogens with one attached hydrogen (secondary N) is 1. The van der Waals surface area contributed by atoms with Crippen LogP contribution in [0.1, 0.15) is 52.4 Å². The Kier molecular flexibility index (Phi) is 12.8. The van der Waals surface area contributed by atoms with Crippen molar-refractivity contribution in [2.75, 3.05) is 26.3 Å². The monoisotopic (exact) mass is 257 g/mol. The van der Waals surface area contributed by atoms with Gasteiger partial charge >= 0.3 is 0 Å². The molecule has 3 heteroatoms. The van der Waals surface area contributed by atoms with Gasteiger partial charge in [0.05, 0.1) is 12.7 Å². The second-order valence-electron chi connectivity index (χ2n) is 5.08. The molecule has 0 radical (unpaired) electrons. The molecular formula is C15H31NO2. The van der Waals surface area contributed by atoms with E-state index in [0.717, 1.165) is 25.1 Å². The van der Waals surface area contributed by atoms with Crippen molar-refractivity contribution in [3.63, 3.8) is 0 Å². The zero-order valence-electron chi connectivity index (χ0n) is 12.2. The van der Waals surface area contributed by atoms with E-state index < -0.39 is 6.10 Å². The summed E-state index contributed by atoms with van der Waals surface area (Å²) in [6.45, 7) is 10.5. The van der Waals surface area contributed by atoms with E-state index in [1.165, 1.54) is 32.1 Å². The molecule has 0 spiro atoms. The van der Waals surface area contributed by atoms with Crippen molar-refractivity contribution in [2.24, 2.45) is 0 Å². The molecule has 0 amide bonds. The predicted molar refractivity (Wildman–Crippen MR) is 77.9 cm³/mol. The van der Waals surface area contributed by atoms with E-state index in [1.54, 1.807) is 0 Å². The second-order valence-corrected chi connectivity index (χ2v) is 5.08. The standard InChI is InChI=1S/C15H31NO2/c1-4-5-6-7-8-9-10-18-13-15(17)12-16-11-14(2)3/h15-17H,2,4-13H2,1,3H3. The summed E-state index contributed by atoms with van der Waals surface area (Å²) < 4.78 is 5.45. The first kappa shape index (κ1) is 17.6. The lowest BCUT2D eigenvalue weighted by Crippen LogP contribution is -2.31. The zero-order chi connectivity index (χ0) is 13.6. The van der Waals surface area contributed by atoms with Crippen molar-refractivity contribution < 1.29 is 9.84 Å². The smallest absolute Gasteiger partial charge is 0.0897 e. The summed E-state index contributed by atoms with van der Waals surface area (Å²) in [6.07, 6.45) is 7.21. The van der Waals surface area contributed by atoms with Crippen LogP contribution in [-0.2, 0) is 4.74 Å². The highest BCUT2D eigenvalue weighted by Crippen LogP contribution is 2.04. The molecule has 1 atom stereocenters. The summed E-state index contributed by atoms with van der Waals surface area (Å²) in [5.74, 6) is 0. The first-order valence-corrected chi connectivity index (χ1v) is 7.27. The Balaban J connectivity index is 3.15. The Labute approximate surface area is 113 Å². The summed E-state index contributed by atoms with van der Waals surface area (Å²) in [6, 6.07) is 0. The van der Waals surface area contributed by atoms with Crippen molar-refractivity contribution in [1.29, 1.82) is 0 Å². The molecule has 1 unspecified atom stereocenters. The molecule has 0 aromatic heterocycles. The Morgan fingerprint density at radius 2 is 1.89 bits per heavy atom. The van der Waals surface area contributed by atoms with E-state index in [-0.39, 0.29) is 0 Å². The van der Waals surface area contributed by atoms with Gasteiger partial charge in [-0.05, 0) is 13.3 Å². The summed E-state index contributed by atoms with van der Waals surface area (Å²) in [5, 5.41) is 12.7. The summed E-state index contributed by atoms with van der Waals surface area (Å²) in [7, 11) is 0. The highest BCUT2D eigenvalue weighted by atomic mass is 16.5. The number of aliphatic hydroxyl groups excluding tert-OH is 1. The van der Waals surface area contributed by atoms with Gasteiger partial charge in [-0.15, -0.1) is 0 Å². The van der Waals surface area contributed by atoms with E-state index in [0.29, 0.717) is 13.2 Å². The van der Waals surface area contributed by atoms with E-state index in [1.807, 2.05) is 6.92 Å². The number of unbranched alkanes of at least 4 members (excludes halogenated alkanes) is 5. The van der Waals surface area contributed by atoms with Crippen LogP contribution in [-0.4, -0.2) is 37.5 Å². The van der Waals surface area contributed by atoms with Crippen molar-refractivity contribution in [3.8, 4) is 0 Å². The fraction of sp³-hybridized carbons (Fsp3) is 0.867. The highest BCUT2D eigenvalue weighted by molar-refractivity contribution is 4.90. The molecule has 0 saturated heterocycles. The van der Waals surface area contributed by atoms with Gasteiger partial charge in [-0.25, -0.2) is 0 Å². The van der Waals surface area contributed by atoms with Crippen molar-refractivity contribution in [1.82, 2.24) is 5.32 Å².